The van der Waals surface area contributed by atoms with E-state index >= 15 is 0 Å². The van der Waals surface area contributed by atoms with E-state index in [1.54, 1.807) is 30.2 Å². The lowest BCUT2D eigenvalue weighted by molar-refractivity contribution is -0.120. The summed E-state index contributed by atoms with van der Waals surface area (Å²) < 4.78 is 5.51. The van der Waals surface area contributed by atoms with Crippen molar-refractivity contribution in [3.05, 3.63) is 23.9 Å². The molecule has 0 aromatic carbocycles. The van der Waals surface area contributed by atoms with Gasteiger partial charge in [0.25, 0.3) is 5.91 Å². The summed E-state index contributed by atoms with van der Waals surface area (Å²) >= 11 is 0. The summed E-state index contributed by atoms with van der Waals surface area (Å²) in [6, 6.07) is 3.72. The zero-order valence-electron chi connectivity index (χ0n) is 18.1. The Morgan fingerprint density at radius 1 is 1.27 bits per heavy atom. The van der Waals surface area contributed by atoms with Crippen LogP contribution in [-0.4, -0.2) is 82.7 Å². The molecule has 2 aliphatic rings. The maximum absolute atomic E-state index is 13.1. The molecule has 1 aromatic heterocycles. The van der Waals surface area contributed by atoms with Crippen LogP contribution in [0, 0.1) is 0 Å². The fourth-order valence-corrected chi connectivity index (χ4v) is 4.45. The number of ether oxygens (including phenoxy) is 1. The summed E-state index contributed by atoms with van der Waals surface area (Å²) in [5.74, 6) is 0.292. The normalized spacial score (nSPS) is 23.6. The summed E-state index contributed by atoms with van der Waals surface area (Å²) in [7, 11) is 0. The van der Waals surface area contributed by atoms with Crippen LogP contribution in [0.4, 0.5) is 0 Å². The highest BCUT2D eigenvalue weighted by molar-refractivity contribution is 5.96. The number of hydrogen-bond donors (Lipinski definition) is 2. The van der Waals surface area contributed by atoms with Crippen LogP contribution in [-0.2, 0) is 4.79 Å². The number of β-amino-alcohol motifs (C(OH)–C–C–N with tert-alkyl or cyclic N) is 1. The van der Waals surface area contributed by atoms with E-state index in [0.717, 1.165) is 32.4 Å². The van der Waals surface area contributed by atoms with Crippen LogP contribution in [0.2, 0.25) is 0 Å². The first-order chi connectivity index (χ1) is 14.4. The molecule has 2 fully saturated rings. The molecule has 3 heterocycles. The molecule has 8 nitrogen and oxygen atoms in total. The number of aliphatic hydroxyl groups is 1. The standard InChI is InChI=1S/C22H34N4O4/c1-3-30-20-19(6-4-11-23-20)21(28)26-12-5-9-22(29,10-15-26)16-25-13-7-18(8-14-25)24-17(2)27/h4,6,11,18,29H,3,5,7-10,12-16H2,1-2H3,(H,24,27)/t22-/m1/s1. The third kappa shape index (κ3) is 5.92. The van der Waals surface area contributed by atoms with Gasteiger partial charge >= 0.3 is 0 Å². The number of nitrogens with one attached hydrogen (secondary N) is 1. The first kappa shape index (κ1) is 22.5. The molecule has 2 aliphatic heterocycles. The van der Waals surface area contributed by atoms with Crippen molar-refractivity contribution in [2.24, 2.45) is 0 Å². The second-order valence-electron chi connectivity index (χ2n) is 8.41. The fourth-order valence-electron chi connectivity index (χ4n) is 4.45. The molecule has 30 heavy (non-hydrogen) atoms. The van der Waals surface area contributed by atoms with Gasteiger partial charge in [0.2, 0.25) is 11.8 Å². The van der Waals surface area contributed by atoms with Gasteiger partial charge < -0.3 is 25.0 Å². The molecule has 0 radical (unpaired) electrons. The lowest BCUT2D eigenvalue weighted by Gasteiger charge is -2.38. The second-order valence-corrected chi connectivity index (χ2v) is 8.41. The van der Waals surface area contributed by atoms with Crippen LogP contribution in [0.3, 0.4) is 0 Å². The zero-order valence-corrected chi connectivity index (χ0v) is 18.1. The summed E-state index contributed by atoms with van der Waals surface area (Å²) in [5, 5.41) is 14.2. The maximum Gasteiger partial charge on any atom is 0.259 e. The Balaban J connectivity index is 1.55. The van der Waals surface area contributed by atoms with Gasteiger partial charge in [-0.05, 0) is 51.2 Å². The van der Waals surface area contributed by atoms with E-state index in [9.17, 15) is 14.7 Å². The third-order valence-electron chi connectivity index (χ3n) is 6.00. The molecular weight excluding hydrogens is 384 g/mol. The van der Waals surface area contributed by atoms with Crippen molar-refractivity contribution < 1.29 is 19.4 Å². The average Bonchev–Trinajstić information content (AvgIpc) is 2.91. The number of carbonyl (C=O) groups is 2. The Morgan fingerprint density at radius 2 is 2.03 bits per heavy atom. The Hall–Kier alpha value is -2.19. The van der Waals surface area contributed by atoms with Gasteiger partial charge in [0, 0.05) is 51.9 Å². The SMILES string of the molecule is CCOc1ncccc1C(=O)N1CCC[C@](O)(CN2CCC(NC(C)=O)CC2)CC1. The molecule has 2 amide bonds. The quantitative estimate of drug-likeness (QED) is 0.726. The molecule has 0 saturated carbocycles. The van der Waals surface area contributed by atoms with Gasteiger partial charge in [-0.15, -0.1) is 0 Å². The highest BCUT2D eigenvalue weighted by atomic mass is 16.5. The molecule has 0 aliphatic carbocycles. The molecule has 1 atom stereocenters. The van der Waals surface area contributed by atoms with E-state index in [1.807, 2.05) is 6.92 Å². The van der Waals surface area contributed by atoms with Crippen LogP contribution in [0.1, 0.15) is 56.3 Å². The molecule has 166 valence electrons. The summed E-state index contributed by atoms with van der Waals surface area (Å²) in [5.41, 5.74) is -0.321. The van der Waals surface area contributed by atoms with Crippen molar-refractivity contribution in [1.82, 2.24) is 20.1 Å². The Kier molecular flexibility index (Phi) is 7.66. The van der Waals surface area contributed by atoms with E-state index < -0.39 is 5.60 Å². The van der Waals surface area contributed by atoms with Crippen LogP contribution >= 0.6 is 0 Å². The van der Waals surface area contributed by atoms with Gasteiger partial charge in [-0.25, -0.2) is 4.98 Å². The van der Waals surface area contributed by atoms with Crippen molar-refractivity contribution in [1.29, 1.82) is 0 Å². The van der Waals surface area contributed by atoms with Crippen molar-refractivity contribution in [3.8, 4) is 5.88 Å². The van der Waals surface area contributed by atoms with Crippen molar-refractivity contribution in [2.75, 3.05) is 39.3 Å². The summed E-state index contributed by atoms with van der Waals surface area (Å²) in [6.07, 6.45) is 5.41. The van der Waals surface area contributed by atoms with Gasteiger partial charge in [0.05, 0.1) is 12.2 Å². The molecule has 2 saturated heterocycles. The number of carbonyl (C=O) groups excluding carboxylic acids is 2. The highest BCUT2D eigenvalue weighted by Crippen LogP contribution is 2.27. The van der Waals surface area contributed by atoms with Crippen LogP contribution < -0.4 is 10.1 Å². The molecule has 1 aromatic rings. The molecule has 8 heteroatoms. The van der Waals surface area contributed by atoms with Crippen LogP contribution in [0.15, 0.2) is 18.3 Å². The van der Waals surface area contributed by atoms with Gasteiger partial charge in [0.1, 0.15) is 5.56 Å². The largest absolute Gasteiger partial charge is 0.477 e. The molecular formula is C22H34N4O4. The van der Waals surface area contributed by atoms with Crippen LogP contribution in [0.25, 0.3) is 0 Å². The predicted octanol–water partition coefficient (Wildman–Crippen LogP) is 1.44. The molecule has 0 unspecified atom stereocenters. The number of rotatable bonds is 6. The van der Waals surface area contributed by atoms with Gasteiger partial charge in [-0.1, -0.05) is 0 Å². The second kappa shape index (κ2) is 10.2. The van der Waals surface area contributed by atoms with Crippen molar-refractivity contribution in [3.63, 3.8) is 0 Å². The third-order valence-corrected chi connectivity index (χ3v) is 6.00. The number of hydrogen-bond acceptors (Lipinski definition) is 6. The fraction of sp³-hybridized carbons (Fsp3) is 0.682. The van der Waals surface area contributed by atoms with Crippen molar-refractivity contribution in [2.45, 2.75) is 57.6 Å². The van der Waals surface area contributed by atoms with E-state index in [2.05, 4.69) is 15.2 Å². The molecule has 2 N–H and O–H groups in total. The van der Waals surface area contributed by atoms with Gasteiger partial charge in [-0.3, -0.25) is 9.59 Å². The van der Waals surface area contributed by atoms with E-state index in [-0.39, 0.29) is 17.9 Å². The minimum Gasteiger partial charge on any atom is -0.477 e. The number of amides is 2. The number of pyridine rings is 1. The maximum atomic E-state index is 13.1. The van der Waals surface area contributed by atoms with E-state index in [0.29, 0.717) is 50.5 Å². The predicted molar refractivity (Wildman–Crippen MR) is 113 cm³/mol. The van der Waals surface area contributed by atoms with Crippen LogP contribution in [0.5, 0.6) is 5.88 Å². The van der Waals surface area contributed by atoms with Gasteiger partial charge in [0.15, 0.2) is 0 Å². The lowest BCUT2D eigenvalue weighted by atomic mass is 9.93. The summed E-state index contributed by atoms with van der Waals surface area (Å²) in [4.78, 5) is 32.6. The van der Waals surface area contributed by atoms with E-state index in [4.69, 9.17) is 4.74 Å². The smallest absolute Gasteiger partial charge is 0.259 e. The number of aromatic nitrogens is 1. The first-order valence-electron chi connectivity index (χ1n) is 11.0. The summed E-state index contributed by atoms with van der Waals surface area (Å²) in [6.45, 7) is 7.34. The number of nitrogens with zero attached hydrogens (tertiary/aromatic N) is 3. The molecule has 0 spiro atoms. The highest BCUT2D eigenvalue weighted by Gasteiger charge is 2.35. The topological polar surface area (TPSA) is 95.0 Å². The average molecular weight is 419 g/mol. The Morgan fingerprint density at radius 3 is 2.73 bits per heavy atom. The molecule has 0 bridgehead atoms. The number of likely N-dealkylation sites (tertiary alicyclic amines) is 2. The Bertz CT molecular complexity index is 736. The first-order valence-corrected chi connectivity index (χ1v) is 11.0. The zero-order chi connectivity index (χ0) is 21.6. The Labute approximate surface area is 178 Å². The van der Waals surface area contributed by atoms with Crippen molar-refractivity contribution >= 4 is 11.8 Å². The number of piperidine rings is 1. The monoisotopic (exact) mass is 418 g/mol. The molecule has 3 rings (SSSR count). The minimum atomic E-state index is -0.798. The lowest BCUT2D eigenvalue weighted by Crippen LogP contribution is -2.50. The van der Waals surface area contributed by atoms with Gasteiger partial charge in [-0.2, -0.15) is 0 Å². The van der Waals surface area contributed by atoms with E-state index in [1.165, 1.54) is 0 Å². The minimum absolute atomic E-state index is 0.0155.